The van der Waals surface area contributed by atoms with E-state index in [1.165, 1.54) is 0 Å². The summed E-state index contributed by atoms with van der Waals surface area (Å²) in [6, 6.07) is 1.63. The number of anilines is 1. The van der Waals surface area contributed by atoms with E-state index in [0.29, 0.717) is 6.07 Å². The van der Waals surface area contributed by atoms with Crippen molar-refractivity contribution in [1.82, 2.24) is 0 Å². The van der Waals surface area contributed by atoms with Crippen LogP contribution in [0.25, 0.3) is 0 Å². The molecule has 1 rings (SSSR count). The molecule has 4 nitrogen and oxygen atoms in total. The molecule has 0 fully saturated rings. The Hall–Kier alpha value is -1.31. The van der Waals surface area contributed by atoms with Gasteiger partial charge in [0, 0.05) is 4.47 Å². The molecule has 2 N–H and O–H groups in total. The second-order valence-corrected chi connectivity index (χ2v) is 3.47. The third kappa shape index (κ3) is 2.20. The van der Waals surface area contributed by atoms with Gasteiger partial charge in [-0.3, -0.25) is 10.1 Å². The molecule has 82 valence electrons. The molecule has 1 aromatic carbocycles. The van der Waals surface area contributed by atoms with Crippen molar-refractivity contribution in [2.24, 2.45) is 0 Å². The van der Waals surface area contributed by atoms with Crippen LogP contribution in [0, 0.1) is 10.1 Å². The van der Waals surface area contributed by atoms with Crippen molar-refractivity contribution >= 4 is 27.3 Å². The molecule has 0 aliphatic heterocycles. The summed E-state index contributed by atoms with van der Waals surface area (Å²) in [6.07, 6.45) is -4.79. The Morgan fingerprint density at radius 3 is 2.33 bits per heavy atom. The highest BCUT2D eigenvalue weighted by Crippen LogP contribution is 2.41. The largest absolute Gasteiger partial charge is 0.423 e. The summed E-state index contributed by atoms with van der Waals surface area (Å²) < 4.78 is 37.1. The number of nitrogens with zero attached hydrogens (tertiary/aromatic N) is 1. The first kappa shape index (κ1) is 11.8. The number of alkyl halides is 3. The molecule has 8 heteroatoms. The van der Waals surface area contributed by atoms with Crippen LogP contribution >= 0.6 is 15.9 Å². The van der Waals surface area contributed by atoms with Gasteiger partial charge in [0.15, 0.2) is 0 Å². The number of rotatable bonds is 1. The molecule has 0 aliphatic carbocycles. The molecule has 0 bridgehead atoms. The number of halogens is 4. The van der Waals surface area contributed by atoms with E-state index in [-0.39, 0.29) is 4.47 Å². The van der Waals surface area contributed by atoms with Crippen molar-refractivity contribution in [2.45, 2.75) is 6.18 Å². The van der Waals surface area contributed by atoms with E-state index >= 15 is 0 Å². The maximum atomic E-state index is 12.3. The van der Waals surface area contributed by atoms with Crippen LogP contribution in [0.15, 0.2) is 16.6 Å². The summed E-state index contributed by atoms with van der Waals surface area (Å²) in [5, 5.41) is 10.4. The van der Waals surface area contributed by atoms with E-state index in [1.54, 1.807) is 0 Å². The zero-order chi connectivity index (χ0) is 11.8. The summed E-state index contributed by atoms with van der Waals surface area (Å²) >= 11 is 2.82. The van der Waals surface area contributed by atoms with Crippen molar-refractivity contribution in [3.05, 3.63) is 32.3 Å². The van der Waals surface area contributed by atoms with Gasteiger partial charge in [-0.25, -0.2) is 0 Å². The van der Waals surface area contributed by atoms with Crippen molar-refractivity contribution < 1.29 is 18.1 Å². The fourth-order valence-corrected chi connectivity index (χ4v) is 1.33. The van der Waals surface area contributed by atoms with Crippen molar-refractivity contribution in [3.63, 3.8) is 0 Å². The van der Waals surface area contributed by atoms with Gasteiger partial charge in [-0.2, -0.15) is 13.2 Å². The molecule has 0 atom stereocenters. The van der Waals surface area contributed by atoms with Crippen LogP contribution in [0.5, 0.6) is 0 Å². The molecule has 15 heavy (non-hydrogen) atoms. The zero-order valence-corrected chi connectivity index (χ0v) is 8.59. The van der Waals surface area contributed by atoms with Gasteiger partial charge in [-0.1, -0.05) is 0 Å². The first-order valence-corrected chi connectivity index (χ1v) is 4.34. The Kier molecular flexibility index (Phi) is 2.89. The minimum atomic E-state index is -4.79. The number of hydrogen-bond acceptors (Lipinski definition) is 3. The Morgan fingerprint density at radius 1 is 1.40 bits per heavy atom. The molecule has 0 aromatic heterocycles. The fraction of sp³-hybridized carbons (Fsp3) is 0.143. The fourth-order valence-electron chi connectivity index (χ4n) is 1.01. The number of nitro benzene ring substituents is 1. The number of benzene rings is 1. The number of nitrogens with two attached hydrogens (primary N) is 1. The summed E-state index contributed by atoms with van der Waals surface area (Å²) in [6.45, 7) is 0. The van der Waals surface area contributed by atoms with Crippen LogP contribution in [0.1, 0.15) is 5.56 Å². The van der Waals surface area contributed by atoms with E-state index in [1.807, 2.05) is 0 Å². The number of hydrogen-bond donors (Lipinski definition) is 1. The van der Waals surface area contributed by atoms with Gasteiger partial charge in [0.05, 0.1) is 4.92 Å². The van der Waals surface area contributed by atoms with Crippen molar-refractivity contribution in [2.75, 3.05) is 5.73 Å². The van der Waals surface area contributed by atoms with Gasteiger partial charge in [-0.15, -0.1) is 0 Å². The first-order valence-electron chi connectivity index (χ1n) is 3.54. The summed E-state index contributed by atoms with van der Waals surface area (Å²) in [4.78, 5) is 9.30. The average Bonchev–Trinajstić information content (AvgIpc) is 2.06. The highest BCUT2D eigenvalue weighted by molar-refractivity contribution is 9.10. The summed E-state index contributed by atoms with van der Waals surface area (Å²) in [5.74, 6) is 0. The summed E-state index contributed by atoms with van der Waals surface area (Å²) in [5.41, 5.74) is 2.18. The van der Waals surface area contributed by atoms with Crippen molar-refractivity contribution in [3.8, 4) is 0 Å². The van der Waals surface area contributed by atoms with Crippen LogP contribution in [-0.2, 0) is 6.18 Å². The SMILES string of the molecule is Nc1c(Br)ccc(C(F)(F)F)c1[N+](=O)[O-]. The standard InChI is InChI=1S/C7H4BrF3N2O2/c8-4-2-1-3(7(9,10)11)6(5(4)12)13(14)15/h1-2H,12H2. The Morgan fingerprint density at radius 2 is 1.93 bits per heavy atom. The molecule has 0 amide bonds. The highest BCUT2D eigenvalue weighted by atomic mass is 79.9. The maximum Gasteiger partial charge on any atom is 0.423 e. The number of nitro groups is 1. The first-order chi connectivity index (χ1) is 6.75. The smallest absolute Gasteiger partial charge is 0.392 e. The lowest BCUT2D eigenvalue weighted by molar-refractivity contribution is -0.387. The molecular formula is C7H4BrF3N2O2. The van der Waals surface area contributed by atoms with Gasteiger partial charge in [0.2, 0.25) is 0 Å². The van der Waals surface area contributed by atoms with E-state index in [9.17, 15) is 23.3 Å². The third-order valence-corrected chi connectivity index (χ3v) is 2.34. The normalized spacial score (nSPS) is 11.5. The van der Waals surface area contributed by atoms with Gasteiger partial charge in [-0.05, 0) is 28.1 Å². The van der Waals surface area contributed by atoms with Crippen LogP contribution in [-0.4, -0.2) is 4.92 Å². The predicted molar refractivity (Wildman–Crippen MR) is 50.2 cm³/mol. The predicted octanol–water partition coefficient (Wildman–Crippen LogP) is 2.96. The van der Waals surface area contributed by atoms with Crippen molar-refractivity contribution in [1.29, 1.82) is 0 Å². The topological polar surface area (TPSA) is 69.2 Å². The van der Waals surface area contributed by atoms with E-state index in [4.69, 9.17) is 5.73 Å². The molecule has 0 saturated heterocycles. The Labute approximate surface area is 90.2 Å². The van der Waals surface area contributed by atoms with Gasteiger partial charge in [0.1, 0.15) is 11.3 Å². The van der Waals surface area contributed by atoms with E-state index < -0.39 is 28.0 Å². The molecular weight excluding hydrogens is 281 g/mol. The second kappa shape index (κ2) is 3.69. The van der Waals surface area contributed by atoms with Crippen LogP contribution in [0.3, 0.4) is 0 Å². The second-order valence-electron chi connectivity index (χ2n) is 2.61. The van der Waals surface area contributed by atoms with E-state index in [2.05, 4.69) is 15.9 Å². The lowest BCUT2D eigenvalue weighted by Gasteiger charge is -2.09. The molecule has 0 saturated carbocycles. The van der Waals surface area contributed by atoms with Crippen LogP contribution in [0.4, 0.5) is 24.5 Å². The molecule has 0 radical (unpaired) electrons. The minimum absolute atomic E-state index is 0.0576. The Balaban J connectivity index is 3.55. The maximum absolute atomic E-state index is 12.3. The van der Waals surface area contributed by atoms with Crippen LogP contribution in [0.2, 0.25) is 0 Å². The van der Waals surface area contributed by atoms with Gasteiger partial charge >= 0.3 is 11.9 Å². The Bertz CT molecular complexity index is 419. The lowest BCUT2D eigenvalue weighted by atomic mass is 10.1. The minimum Gasteiger partial charge on any atom is -0.392 e. The molecule has 0 unspecified atom stereocenters. The van der Waals surface area contributed by atoms with Gasteiger partial charge < -0.3 is 5.73 Å². The monoisotopic (exact) mass is 284 g/mol. The average molecular weight is 285 g/mol. The number of nitrogen functional groups attached to an aromatic ring is 1. The van der Waals surface area contributed by atoms with E-state index in [0.717, 1.165) is 6.07 Å². The van der Waals surface area contributed by atoms with Gasteiger partial charge in [0.25, 0.3) is 0 Å². The molecule has 0 aliphatic rings. The third-order valence-electron chi connectivity index (χ3n) is 1.65. The zero-order valence-electron chi connectivity index (χ0n) is 7.01. The summed E-state index contributed by atoms with van der Waals surface area (Å²) in [7, 11) is 0. The quantitative estimate of drug-likeness (QED) is 0.490. The highest BCUT2D eigenvalue weighted by Gasteiger charge is 2.39. The molecule has 0 spiro atoms. The molecule has 1 aromatic rings. The van der Waals surface area contributed by atoms with Crippen LogP contribution < -0.4 is 5.73 Å². The lowest BCUT2D eigenvalue weighted by Crippen LogP contribution is -2.10. The molecule has 0 heterocycles.